The Morgan fingerprint density at radius 2 is 2.12 bits per heavy atom. The summed E-state index contributed by atoms with van der Waals surface area (Å²) in [6.45, 7) is 6.18. The highest BCUT2D eigenvalue weighted by molar-refractivity contribution is 7.89. The van der Waals surface area contributed by atoms with Gasteiger partial charge in [0, 0.05) is 20.5 Å². The average Bonchev–Trinajstić information content (AvgIpc) is 3.35. The molecule has 0 aromatic heterocycles. The molecule has 0 saturated heterocycles. The number of nitrogens with zero attached hydrogens (tertiary/aromatic N) is 3. The smallest absolute Gasteiger partial charge is 0.345 e. The molecule has 3 rings (SSSR count). The molecule has 1 aromatic carbocycles. The molecule has 180 valence electrons. The second-order valence-electron chi connectivity index (χ2n) is 8.41. The number of hydrogen-bond donors (Lipinski definition) is 2. The van der Waals surface area contributed by atoms with Gasteiger partial charge in [0.15, 0.2) is 17.4 Å². The van der Waals surface area contributed by atoms with Crippen molar-refractivity contribution in [3.63, 3.8) is 0 Å². The van der Waals surface area contributed by atoms with E-state index in [1.165, 1.54) is 17.6 Å². The van der Waals surface area contributed by atoms with Crippen LogP contribution in [0.4, 0.5) is 5.69 Å². The molecule has 2 aliphatic rings. The summed E-state index contributed by atoms with van der Waals surface area (Å²) in [6.07, 6.45) is 2.99. The van der Waals surface area contributed by atoms with E-state index in [0.29, 0.717) is 23.6 Å². The molecule has 2 aliphatic heterocycles. The van der Waals surface area contributed by atoms with Crippen molar-refractivity contribution in [1.82, 2.24) is 9.62 Å². The zero-order valence-electron chi connectivity index (χ0n) is 19.7. The van der Waals surface area contributed by atoms with Crippen molar-refractivity contribution in [2.24, 2.45) is 15.3 Å². The molecule has 0 saturated carbocycles. The number of para-hydroxylation sites is 1. The first kappa shape index (κ1) is 24.6. The SMILES string of the molecule is CC[C@@H](N=C1NS(=O)(=O)N=C1Nc1cccc(C(=O)N(C)C)c1OC)C1CC(C(C)C)=CO1. The zero-order chi connectivity index (χ0) is 24.3. The highest BCUT2D eigenvalue weighted by atomic mass is 32.2. The molecule has 2 heterocycles. The number of carbonyl (C=O) groups is 1. The fourth-order valence-corrected chi connectivity index (χ4v) is 4.44. The zero-order valence-corrected chi connectivity index (χ0v) is 20.6. The first-order valence-corrected chi connectivity index (χ1v) is 12.2. The standard InChI is InChI=1S/C22H31N5O5S/c1-7-16(18-11-14(12-32-18)13(2)3)23-20-21(26-33(29,30)25-20)24-17-10-8-9-15(19(17)31-6)22(28)27(4)5/h8-10,12-13,16,18H,7,11H2,1-6H3,(H,23,25)(H,24,26)/t16-,18?/m1/s1. The lowest BCUT2D eigenvalue weighted by molar-refractivity contribution is 0.0824. The molecule has 10 nitrogen and oxygen atoms in total. The van der Waals surface area contributed by atoms with E-state index in [0.717, 1.165) is 6.42 Å². The van der Waals surface area contributed by atoms with Gasteiger partial charge in [0.1, 0.15) is 6.10 Å². The number of benzene rings is 1. The van der Waals surface area contributed by atoms with Crippen molar-refractivity contribution in [3.8, 4) is 5.75 Å². The van der Waals surface area contributed by atoms with Crippen LogP contribution in [0.1, 0.15) is 44.0 Å². The Kier molecular flexibility index (Phi) is 7.31. The van der Waals surface area contributed by atoms with Crippen molar-refractivity contribution >= 4 is 33.5 Å². The molecule has 0 spiro atoms. The Balaban J connectivity index is 1.91. The summed E-state index contributed by atoms with van der Waals surface area (Å²) in [5.41, 5.74) is 1.92. The van der Waals surface area contributed by atoms with Crippen molar-refractivity contribution in [2.45, 2.75) is 45.8 Å². The van der Waals surface area contributed by atoms with E-state index in [2.05, 4.69) is 33.3 Å². The summed E-state index contributed by atoms with van der Waals surface area (Å²) >= 11 is 0. The van der Waals surface area contributed by atoms with E-state index in [-0.39, 0.29) is 35.5 Å². The molecule has 1 aromatic rings. The summed E-state index contributed by atoms with van der Waals surface area (Å²) in [5.74, 6) is 0.514. The van der Waals surface area contributed by atoms with Gasteiger partial charge in [0.05, 0.1) is 30.7 Å². The first-order chi connectivity index (χ1) is 15.6. The summed E-state index contributed by atoms with van der Waals surface area (Å²) in [5, 5.41) is 2.98. The number of rotatable bonds is 7. The number of anilines is 1. The minimum Gasteiger partial charge on any atom is -0.495 e. The predicted molar refractivity (Wildman–Crippen MR) is 128 cm³/mol. The number of amides is 1. The third-order valence-corrected chi connectivity index (χ3v) is 6.36. The van der Waals surface area contributed by atoms with Gasteiger partial charge >= 0.3 is 10.2 Å². The monoisotopic (exact) mass is 477 g/mol. The van der Waals surface area contributed by atoms with Crippen molar-refractivity contribution in [1.29, 1.82) is 0 Å². The first-order valence-electron chi connectivity index (χ1n) is 10.8. The van der Waals surface area contributed by atoms with E-state index in [4.69, 9.17) is 9.47 Å². The van der Waals surface area contributed by atoms with Crippen LogP contribution in [-0.4, -0.2) is 64.2 Å². The maximum absolute atomic E-state index is 12.5. The van der Waals surface area contributed by atoms with Gasteiger partial charge in [0.25, 0.3) is 5.91 Å². The molecule has 33 heavy (non-hydrogen) atoms. The van der Waals surface area contributed by atoms with Crippen molar-refractivity contribution in [3.05, 3.63) is 35.6 Å². The van der Waals surface area contributed by atoms with Gasteiger partial charge in [-0.1, -0.05) is 26.8 Å². The molecule has 0 fully saturated rings. The van der Waals surface area contributed by atoms with Crippen LogP contribution in [0.15, 0.2) is 39.4 Å². The van der Waals surface area contributed by atoms with Crippen LogP contribution in [0.5, 0.6) is 5.75 Å². The molecular formula is C22H31N5O5S. The predicted octanol–water partition coefficient (Wildman–Crippen LogP) is 2.56. The summed E-state index contributed by atoms with van der Waals surface area (Å²) in [4.78, 5) is 18.6. The molecule has 2 N–H and O–H groups in total. The fraction of sp³-hybridized carbons (Fsp3) is 0.500. The van der Waals surface area contributed by atoms with Crippen LogP contribution in [0.25, 0.3) is 0 Å². The molecular weight excluding hydrogens is 446 g/mol. The summed E-state index contributed by atoms with van der Waals surface area (Å²) < 4.78 is 41.9. The Bertz CT molecular complexity index is 1110. The van der Waals surface area contributed by atoms with E-state index in [1.54, 1.807) is 38.6 Å². The van der Waals surface area contributed by atoms with Gasteiger partial charge in [-0.25, -0.2) is 4.72 Å². The number of nitrogens with one attached hydrogen (secondary N) is 2. The normalized spacial score (nSPS) is 21.2. The number of aliphatic imine (C=N–C) groups is 1. The Morgan fingerprint density at radius 1 is 1.39 bits per heavy atom. The van der Waals surface area contributed by atoms with Gasteiger partial charge in [-0.2, -0.15) is 8.42 Å². The van der Waals surface area contributed by atoms with E-state index < -0.39 is 10.2 Å². The second-order valence-corrected chi connectivity index (χ2v) is 9.74. The van der Waals surface area contributed by atoms with Gasteiger partial charge in [0.2, 0.25) is 0 Å². The number of amidine groups is 2. The van der Waals surface area contributed by atoms with Gasteiger partial charge < -0.3 is 19.7 Å². The molecule has 1 amide bonds. The van der Waals surface area contributed by atoms with Gasteiger partial charge in [-0.3, -0.25) is 9.79 Å². The molecule has 0 radical (unpaired) electrons. The Hall–Kier alpha value is -3.08. The minimum absolute atomic E-state index is 0.0243. The maximum Gasteiger partial charge on any atom is 0.345 e. The van der Waals surface area contributed by atoms with Crippen LogP contribution in [-0.2, 0) is 14.9 Å². The fourth-order valence-electron chi connectivity index (χ4n) is 3.62. The van der Waals surface area contributed by atoms with Crippen LogP contribution in [0.3, 0.4) is 0 Å². The van der Waals surface area contributed by atoms with E-state index >= 15 is 0 Å². The van der Waals surface area contributed by atoms with E-state index in [9.17, 15) is 13.2 Å². The number of hydrogen-bond acceptors (Lipinski definition) is 7. The van der Waals surface area contributed by atoms with Crippen molar-refractivity contribution < 1.29 is 22.7 Å². The molecule has 11 heteroatoms. The third kappa shape index (κ3) is 5.47. The maximum atomic E-state index is 12.5. The Morgan fingerprint density at radius 3 is 2.70 bits per heavy atom. The second kappa shape index (κ2) is 9.82. The Labute approximate surface area is 195 Å². The van der Waals surface area contributed by atoms with Crippen LogP contribution < -0.4 is 14.8 Å². The number of carbonyl (C=O) groups excluding carboxylic acids is 1. The van der Waals surface area contributed by atoms with Gasteiger partial charge in [-0.15, -0.1) is 4.40 Å². The van der Waals surface area contributed by atoms with Crippen LogP contribution in [0, 0.1) is 5.92 Å². The largest absolute Gasteiger partial charge is 0.495 e. The van der Waals surface area contributed by atoms with Crippen LogP contribution in [0.2, 0.25) is 0 Å². The average molecular weight is 478 g/mol. The lowest BCUT2D eigenvalue weighted by Crippen LogP contribution is -2.34. The van der Waals surface area contributed by atoms with Crippen LogP contribution >= 0.6 is 0 Å². The highest BCUT2D eigenvalue weighted by Gasteiger charge is 2.32. The molecule has 2 atom stereocenters. The van der Waals surface area contributed by atoms with Gasteiger partial charge in [-0.05, 0) is 30.0 Å². The lowest BCUT2D eigenvalue weighted by atomic mass is 9.96. The lowest BCUT2D eigenvalue weighted by Gasteiger charge is -2.20. The van der Waals surface area contributed by atoms with E-state index in [1.807, 2.05) is 6.92 Å². The highest BCUT2D eigenvalue weighted by Crippen LogP contribution is 2.31. The third-order valence-electron chi connectivity index (χ3n) is 5.49. The van der Waals surface area contributed by atoms with Crippen molar-refractivity contribution in [2.75, 3.05) is 26.5 Å². The molecule has 0 bridgehead atoms. The number of ether oxygens (including phenoxy) is 2. The minimum atomic E-state index is -3.95. The summed E-state index contributed by atoms with van der Waals surface area (Å²) in [6, 6.07) is 4.71. The molecule has 1 unspecified atom stereocenters. The topological polar surface area (TPSA) is 122 Å². The summed E-state index contributed by atoms with van der Waals surface area (Å²) in [7, 11) is 0.768. The quantitative estimate of drug-likeness (QED) is 0.622. The number of methoxy groups -OCH3 is 1. The molecule has 0 aliphatic carbocycles.